The molecule has 0 aliphatic carbocycles. The van der Waals surface area contributed by atoms with Crippen LogP contribution in [-0.2, 0) is 11.2 Å². The highest BCUT2D eigenvalue weighted by atomic mass is 79.9. The first-order valence-electron chi connectivity index (χ1n) is 8.06. The van der Waals surface area contributed by atoms with Gasteiger partial charge in [-0.3, -0.25) is 4.79 Å². The molecule has 0 bridgehead atoms. The highest BCUT2D eigenvalue weighted by Crippen LogP contribution is 2.34. The number of carbonyl (C=O) groups excluding carboxylic acids is 1. The lowest BCUT2D eigenvalue weighted by Crippen LogP contribution is -2.13. The molecule has 0 spiro atoms. The Kier molecular flexibility index (Phi) is 7.21. The minimum Gasteiger partial charge on any atom is -0.493 e. The molecule has 0 radical (unpaired) electrons. The van der Waals surface area contributed by atoms with Crippen molar-refractivity contribution < 1.29 is 14.3 Å². The van der Waals surface area contributed by atoms with Crippen molar-refractivity contribution in [1.29, 1.82) is 5.26 Å². The maximum Gasteiger partial charge on any atom is 0.266 e. The maximum absolute atomic E-state index is 12.5. The second-order valence-electron chi connectivity index (χ2n) is 5.54. The van der Waals surface area contributed by atoms with Crippen LogP contribution < -0.4 is 14.8 Å². The number of methoxy groups -OCH3 is 2. The van der Waals surface area contributed by atoms with Crippen molar-refractivity contribution in [3.05, 3.63) is 70.2 Å². The fourth-order valence-corrected chi connectivity index (χ4v) is 2.94. The Morgan fingerprint density at radius 3 is 2.67 bits per heavy atom. The molecule has 27 heavy (non-hydrogen) atoms. The molecule has 0 saturated carbocycles. The van der Waals surface area contributed by atoms with Crippen LogP contribution in [0.3, 0.4) is 0 Å². The number of hydrogen-bond acceptors (Lipinski definition) is 4. The van der Waals surface area contributed by atoms with Crippen molar-refractivity contribution in [1.82, 2.24) is 0 Å². The van der Waals surface area contributed by atoms with Gasteiger partial charge in [-0.15, -0.1) is 6.58 Å². The van der Waals surface area contributed by atoms with Crippen LogP contribution >= 0.6 is 15.9 Å². The fraction of sp³-hybridized carbons (Fsp3) is 0.143. The van der Waals surface area contributed by atoms with Crippen molar-refractivity contribution in [2.45, 2.75) is 6.42 Å². The van der Waals surface area contributed by atoms with Gasteiger partial charge in [0.1, 0.15) is 11.6 Å². The summed E-state index contributed by atoms with van der Waals surface area (Å²) in [4.78, 5) is 12.5. The SMILES string of the molecule is C=CCc1cc(/C=C(/C#N)C(=O)Nc2cccc(Br)c2)cc(OC)c1OC. The Hall–Kier alpha value is -3.04. The van der Waals surface area contributed by atoms with Crippen LogP contribution in [0, 0.1) is 11.3 Å². The first kappa shape index (κ1) is 20.3. The van der Waals surface area contributed by atoms with Crippen LogP contribution in [0.25, 0.3) is 6.08 Å². The van der Waals surface area contributed by atoms with E-state index >= 15 is 0 Å². The summed E-state index contributed by atoms with van der Waals surface area (Å²) in [5, 5.41) is 12.1. The van der Waals surface area contributed by atoms with Crippen molar-refractivity contribution in [3.8, 4) is 17.6 Å². The number of hydrogen-bond donors (Lipinski definition) is 1. The summed E-state index contributed by atoms with van der Waals surface area (Å²) in [6.45, 7) is 3.74. The van der Waals surface area contributed by atoms with E-state index in [1.807, 2.05) is 18.2 Å². The first-order chi connectivity index (χ1) is 13.0. The average molecular weight is 427 g/mol. The molecule has 2 aromatic carbocycles. The van der Waals surface area contributed by atoms with E-state index in [1.54, 1.807) is 37.5 Å². The summed E-state index contributed by atoms with van der Waals surface area (Å²) >= 11 is 3.35. The third-order valence-corrected chi connectivity index (χ3v) is 4.19. The van der Waals surface area contributed by atoms with E-state index in [1.165, 1.54) is 13.2 Å². The van der Waals surface area contributed by atoms with Crippen molar-refractivity contribution in [2.75, 3.05) is 19.5 Å². The third-order valence-electron chi connectivity index (χ3n) is 3.70. The van der Waals surface area contributed by atoms with Gasteiger partial charge in [0.25, 0.3) is 5.91 Å². The second-order valence-corrected chi connectivity index (χ2v) is 6.46. The number of rotatable bonds is 7. The maximum atomic E-state index is 12.5. The van der Waals surface area contributed by atoms with Crippen LogP contribution in [-0.4, -0.2) is 20.1 Å². The highest BCUT2D eigenvalue weighted by Gasteiger charge is 2.14. The zero-order valence-corrected chi connectivity index (χ0v) is 16.7. The van der Waals surface area contributed by atoms with E-state index in [4.69, 9.17) is 9.47 Å². The summed E-state index contributed by atoms with van der Waals surface area (Å²) in [6.07, 6.45) is 3.82. The quantitative estimate of drug-likeness (QED) is 0.394. The van der Waals surface area contributed by atoms with Crippen molar-refractivity contribution >= 4 is 33.6 Å². The number of carbonyl (C=O) groups is 1. The molecule has 0 fully saturated rings. The lowest BCUT2D eigenvalue weighted by Gasteiger charge is -2.13. The molecule has 0 unspecified atom stereocenters. The molecule has 138 valence electrons. The predicted molar refractivity (Wildman–Crippen MR) is 110 cm³/mol. The van der Waals surface area contributed by atoms with Gasteiger partial charge < -0.3 is 14.8 Å². The number of ether oxygens (including phenoxy) is 2. The number of halogens is 1. The largest absolute Gasteiger partial charge is 0.493 e. The van der Waals surface area contributed by atoms with Gasteiger partial charge in [-0.1, -0.05) is 28.1 Å². The van der Waals surface area contributed by atoms with Gasteiger partial charge in [-0.2, -0.15) is 5.26 Å². The van der Waals surface area contributed by atoms with E-state index in [0.29, 0.717) is 29.2 Å². The predicted octanol–water partition coefficient (Wildman–Crippen LogP) is 4.74. The number of amides is 1. The third kappa shape index (κ3) is 5.22. The number of nitriles is 1. The molecule has 6 heteroatoms. The molecule has 1 amide bonds. The van der Waals surface area contributed by atoms with Gasteiger partial charge in [-0.05, 0) is 48.4 Å². The molecule has 5 nitrogen and oxygen atoms in total. The molecule has 2 rings (SSSR count). The number of nitrogens with zero attached hydrogens (tertiary/aromatic N) is 1. The van der Waals surface area contributed by atoms with E-state index in [-0.39, 0.29) is 5.57 Å². The first-order valence-corrected chi connectivity index (χ1v) is 8.86. The Morgan fingerprint density at radius 2 is 2.07 bits per heavy atom. The molecule has 0 saturated heterocycles. The van der Waals surface area contributed by atoms with Gasteiger partial charge in [0.2, 0.25) is 0 Å². The minimum atomic E-state index is -0.490. The van der Waals surface area contributed by atoms with E-state index in [2.05, 4.69) is 27.8 Å². The van der Waals surface area contributed by atoms with Crippen LogP contribution in [0.1, 0.15) is 11.1 Å². The summed E-state index contributed by atoms with van der Waals surface area (Å²) in [6, 6.07) is 12.7. The van der Waals surface area contributed by atoms with Gasteiger partial charge in [0, 0.05) is 15.7 Å². The van der Waals surface area contributed by atoms with Gasteiger partial charge in [0.15, 0.2) is 11.5 Å². The topological polar surface area (TPSA) is 71.4 Å². The highest BCUT2D eigenvalue weighted by molar-refractivity contribution is 9.10. The number of benzene rings is 2. The van der Waals surface area contributed by atoms with Crippen LogP contribution in [0.2, 0.25) is 0 Å². The molecule has 0 aromatic heterocycles. The zero-order chi connectivity index (χ0) is 19.8. The van der Waals surface area contributed by atoms with Crippen LogP contribution in [0.5, 0.6) is 11.5 Å². The van der Waals surface area contributed by atoms with E-state index in [9.17, 15) is 10.1 Å². The molecule has 0 atom stereocenters. The Balaban J connectivity index is 2.38. The summed E-state index contributed by atoms with van der Waals surface area (Å²) in [5.41, 5.74) is 2.08. The van der Waals surface area contributed by atoms with E-state index < -0.39 is 5.91 Å². The average Bonchev–Trinajstić information content (AvgIpc) is 2.65. The molecular formula is C21H19BrN2O3. The number of nitrogens with one attached hydrogen (secondary N) is 1. The summed E-state index contributed by atoms with van der Waals surface area (Å²) in [7, 11) is 3.10. The Bertz CT molecular complexity index is 930. The van der Waals surface area contributed by atoms with Gasteiger partial charge in [0.05, 0.1) is 14.2 Å². The fourth-order valence-electron chi connectivity index (χ4n) is 2.54. The monoisotopic (exact) mass is 426 g/mol. The number of anilines is 1. The molecular weight excluding hydrogens is 408 g/mol. The lowest BCUT2D eigenvalue weighted by atomic mass is 10.0. The Labute approximate surface area is 167 Å². The number of allylic oxidation sites excluding steroid dienone is 1. The van der Waals surface area contributed by atoms with Gasteiger partial charge >= 0.3 is 0 Å². The van der Waals surface area contributed by atoms with Crippen molar-refractivity contribution in [3.63, 3.8) is 0 Å². The molecule has 0 heterocycles. The summed E-state index contributed by atoms with van der Waals surface area (Å²) < 4.78 is 11.6. The summed E-state index contributed by atoms with van der Waals surface area (Å²) in [5.74, 6) is 0.634. The molecule has 0 aliphatic rings. The molecule has 0 aliphatic heterocycles. The molecule has 1 N–H and O–H groups in total. The van der Waals surface area contributed by atoms with Crippen molar-refractivity contribution in [2.24, 2.45) is 0 Å². The second kappa shape index (κ2) is 9.60. The minimum absolute atomic E-state index is 0.0215. The molecule has 2 aromatic rings. The normalized spacial score (nSPS) is 10.7. The zero-order valence-electron chi connectivity index (χ0n) is 15.1. The van der Waals surface area contributed by atoms with Gasteiger partial charge in [-0.25, -0.2) is 0 Å². The smallest absolute Gasteiger partial charge is 0.266 e. The lowest BCUT2D eigenvalue weighted by molar-refractivity contribution is -0.112. The van der Waals surface area contributed by atoms with E-state index in [0.717, 1.165) is 10.0 Å². The standard InChI is InChI=1S/C21H19BrN2O3/c1-4-6-15-9-14(11-19(26-2)20(15)27-3)10-16(13-23)21(25)24-18-8-5-7-17(22)12-18/h4-5,7-12H,1,6H2,2-3H3,(H,24,25)/b16-10-. The van der Waals surface area contributed by atoms with Crippen LogP contribution in [0.15, 0.2) is 59.1 Å². The van der Waals surface area contributed by atoms with Crippen LogP contribution in [0.4, 0.5) is 5.69 Å². The Morgan fingerprint density at radius 1 is 1.30 bits per heavy atom.